The van der Waals surface area contributed by atoms with Gasteiger partial charge >= 0.3 is 0 Å². The van der Waals surface area contributed by atoms with Crippen LogP contribution < -0.4 is 14.8 Å². The first-order chi connectivity index (χ1) is 8.72. The van der Waals surface area contributed by atoms with Gasteiger partial charge in [0.15, 0.2) is 11.5 Å². The maximum atomic E-state index is 8.74. The molecule has 0 aliphatic heterocycles. The molecule has 0 heterocycles. The van der Waals surface area contributed by atoms with E-state index in [0.29, 0.717) is 26.3 Å². The molecule has 0 unspecified atom stereocenters. The quantitative estimate of drug-likeness (QED) is 0.723. The van der Waals surface area contributed by atoms with Crippen LogP contribution in [-0.4, -0.2) is 31.5 Å². The Labute approximate surface area is 116 Å². The molecule has 1 aromatic carbocycles. The molecule has 0 amide bonds. The van der Waals surface area contributed by atoms with Crippen molar-refractivity contribution < 1.29 is 14.6 Å². The number of ether oxygens (including phenoxy) is 2. The van der Waals surface area contributed by atoms with Crippen molar-refractivity contribution in [1.82, 2.24) is 5.32 Å². The fourth-order valence-electron chi connectivity index (χ4n) is 1.58. The lowest BCUT2D eigenvalue weighted by Crippen LogP contribution is -2.17. The van der Waals surface area contributed by atoms with Crippen LogP contribution in [0.2, 0.25) is 0 Å². The highest BCUT2D eigenvalue weighted by Crippen LogP contribution is 2.36. The molecule has 0 atom stereocenters. The Balaban J connectivity index is 2.87. The second-order valence-corrected chi connectivity index (χ2v) is 4.53. The molecule has 0 aliphatic carbocycles. The number of aliphatic hydroxyl groups excluding tert-OH is 1. The molecular weight excluding hydrogens is 298 g/mol. The number of halogens is 1. The van der Waals surface area contributed by atoms with E-state index in [-0.39, 0.29) is 6.61 Å². The van der Waals surface area contributed by atoms with Crippen LogP contribution in [0.25, 0.3) is 0 Å². The molecule has 4 nitrogen and oxygen atoms in total. The van der Waals surface area contributed by atoms with Gasteiger partial charge in [0.05, 0.1) is 24.3 Å². The topological polar surface area (TPSA) is 50.7 Å². The van der Waals surface area contributed by atoms with Gasteiger partial charge in [0.1, 0.15) is 0 Å². The van der Waals surface area contributed by atoms with Gasteiger partial charge in [-0.25, -0.2) is 0 Å². The summed E-state index contributed by atoms with van der Waals surface area (Å²) in [4.78, 5) is 0. The molecule has 102 valence electrons. The highest BCUT2D eigenvalue weighted by atomic mass is 79.9. The van der Waals surface area contributed by atoms with Gasteiger partial charge in [-0.05, 0) is 47.5 Å². The van der Waals surface area contributed by atoms with Crippen LogP contribution in [0.4, 0.5) is 0 Å². The molecule has 0 saturated carbocycles. The Morgan fingerprint density at radius 3 is 2.56 bits per heavy atom. The second-order valence-electron chi connectivity index (χ2n) is 3.67. The third-order valence-corrected chi connectivity index (χ3v) is 2.86. The lowest BCUT2D eigenvalue weighted by molar-refractivity contribution is 0.285. The zero-order valence-electron chi connectivity index (χ0n) is 10.8. The van der Waals surface area contributed by atoms with Crippen LogP contribution in [0.3, 0.4) is 0 Å². The first-order valence-corrected chi connectivity index (χ1v) is 6.91. The number of benzene rings is 1. The first-order valence-electron chi connectivity index (χ1n) is 6.12. The summed E-state index contributed by atoms with van der Waals surface area (Å²) in [5.41, 5.74) is 1.09. The van der Waals surface area contributed by atoms with Crippen LogP contribution >= 0.6 is 15.9 Å². The highest BCUT2D eigenvalue weighted by molar-refractivity contribution is 9.10. The van der Waals surface area contributed by atoms with Gasteiger partial charge in [0, 0.05) is 13.1 Å². The average Bonchev–Trinajstić information content (AvgIpc) is 2.34. The number of rotatable bonds is 8. The second kappa shape index (κ2) is 8.34. The van der Waals surface area contributed by atoms with E-state index in [2.05, 4.69) is 21.2 Å². The van der Waals surface area contributed by atoms with Crippen LogP contribution in [-0.2, 0) is 6.54 Å². The first kappa shape index (κ1) is 15.3. The predicted molar refractivity (Wildman–Crippen MR) is 75.3 cm³/mol. The van der Waals surface area contributed by atoms with Crippen molar-refractivity contribution in [2.75, 3.05) is 26.4 Å². The molecule has 2 N–H and O–H groups in total. The lowest BCUT2D eigenvalue weighted by Gasteiger charge is -2.14. The number of nitrogens with one attached hydrogen (secondary N) is 1. The molecule has 0 aromatic heterocycles. The fraction of sp³-hybridized carbons (Fsp3) is 0.538. The predicted octanol–water partition coefficient (Wildman–Crippen LogP) is 2.33. The largest absolute Gasteiger partial charge is 0.490 e. The zero-order chi connectivity index (χ0) is 13.4. The van der Waals surface area contributed by atoms with Crippen LogP contribution in [0.15, 0.2) is 16.6 Å². The Kier molecular flexibility index (Phi) is 7.08. The monoisotopic (exact) mass is 317 g/mol. The molecule has 0 radical (unpaired) electrons. The molecule has 1 rings (SSSR count). The van der Waals surface area contributed by atoms with Crippen molar-refractivity contribution in [2.24, 2.45) is 0 Å². The summed E-state index contributed by atoms with van der Waals surface area (Å²) in [5.74, 6) is 1.49. The summed E-state index contributed by atoms with van der Waals surface area (Å²) < 4.78 is 12.0. The summed E-state index contributed by atoms with van der Waals surface area (Å²) in [6.45, 7) is 6.48. The van der Waals surface area contributed by atoms with Crippen molar-refractivity contribution in [2.45, 2.75) is 20.4 Å². The Morgan fingerprint density at radius 1 is 1.22 bits per heavy atom. The number of aliphatic hydroxyl groups is 1. The number of hydrogen-bond donors (Lipinski definition) is 2. The molecule has 18 heavy (non-hydrogen) atoms. The molecule has 0 spiro atoms. The van der Waals surface area contributed by atoms with Crippen molar-refractivity contribution in [3.05, 3.63) is 22.2 Å². The maximum Gasteiger partial charge on any atom is 0.175 e. The summed E-state index contributed by atoms with van der Waals surface area (Å²) in [6, 6.07) is 3.96. The molecule has 0 aliphatic rings. The minimum Gasteiger partial charge on any atom is -0.490 e. The van der Waals surface area contributed by atoms with E-state index in [1.807, 2.05) is 26.0 Å². The highest BCUT2D eigenvalue weighted by Gasteiger charge is 2.11. The maximum absolute atomic E-state index is 8.74. The third kappa shape index (κ3) is 4.48. The zero-order valence-corrected chi connectivity index (χ0v) is 12.4. The smallest absolute Gasteiger partial charge is 0.175 e. The van der Waals surface area contributed by atoms with Gasteiger partial charge in [0.25, 0.3) is 0 Å². The third-order valence-electron chi connectivity index (χ3n) is 2.28. The Hall–Kier alpha value is -0.780. The molecule has 5 heteroatoms. The summed E-state index contributed by atoms with van der Waals surface area (Å²) >= 11 is 3.50. The van der Waals surface area contributed by atoms with E-state index < -0.39 is 0 Å². The Morgan fingerprint density at radius 2 is 1.94 bits per heavy atom. The van der Waals surface area contributed by atoms with Crippen molar-refractivity contribution in [3.63, 3.8) is 0 Å². The normalized spacial score (nSPS) is 10.4. The standard InChI is InChI=1S/C13H20BrNO3/c1-3-17-12-8-10(9-15-5-6-16)7-11(14)13(12)18-4-2/h7-8,15-16H,3-6,9H2,1-2H3. The van der Waals surface area contributed by atoms with E-state index in [0.717, 1.165) is 21.5 Å². The van der Waals surface area contributed by atoms with Gasteiger partial charge < -0.3 is 19.9 Å². The number of hydrogen-bond acceptors (Lipinski definition) is 4. The molecule has 1 aromatic rings. The van der Waals surface area contributed by atoms with E-state index in [9.17, 15) is 0 Å². The van der Waals surface area contributed by atoms with Gasteiger partial charge in [0.2, 0.25) is 0 Å². The van der Waals surface area contributed by atoms with Crippen molar-refractivity contribution in [3.8, 4) is 11.5 Å². The summed E-state index contributed by atoms with van der Waals surface area (Å²) in [5, 5.41) is 11.9. The molecular formula is C13H20BrNO3. The van der Waals surface area contributed by atoms with Crippen molar-refractivity contribution in [1.29, 1.82) is 0 Å². The molecule has 0 bridgehead atoms. The van der Waals surface area contributed by atoms with Gasteiger partial charge in [-0.2, -0.15) is 0 Å². The average molecular weight is 318 g/mol. The summed E-state index contributed by atoms with van der Waals surface area (Å²) in [6.07, 6.45) is 0. The van der Waals surface area contributed by atoms with Crippen LogP contribution in [0.5, 0.6) is 11.5 Å². The van der Waals surface area contributed by atoms with Crippen LogP contribution in [0, 0.1) is 0 Å². The lowest BCUT2D eigenvalue weighted by atomic mass is 10.2. The summed E-state index contributed by atoms with van der Waals surface area (Å²) in [7, 11) is 0. The van der Waals surface area contributed by atoms with E-state index in [4.69, 9.17) is 14.6 Å². The van der Waals surface area contributed by atoms with Crippen molar-refractivity contribution >= 4 is 15.9 Å². The Bertz CT molecular complexity index is 371. The van der Waals surface area contributed by atoms with Gasteiger partial charge in [-0.15, -0.1) is 0 Å². The van der Waals surface area contributed by atoms with Gasteiger partial charge in [-0.1, -0.05) is 0 Å². The fourth-order valence-corrected chi connectivity index (χ4v) is 2.19. The minimum absolute atomic E-state index is 0.135. The van der Waals surface area contributed by atoms with E-state index in [1.54, 1.807) is 0 Å². The van der Waals surface area contributed by atoms with E-state index in [1.165, 1.54) is 0 Å². The molecule has 0 fully saturated rings. The molecule has 0 saturated heterocycles. The van der Waals surface area contributed by atoms with Gasteiger partial charge in [-0.3, -0.25) is 0 Å². The van der Waals surface area contributed by atoms with Crippen LogP contribution in [0.1, 0.15) is 19.4 Å². The minimum atomic E-state index is 0.135. The SMILES string of the molecule is CCOc1cc(CNCCO)cc(Br)c1OCC. The van der Waals surface area contributed by atoms with E-state index >= 15 is 0 Å².